The molecule has 2 aliphatic rings. The van der Waals surface area contributed by atoms with Crippen LogP contribution in [0, 0.1) is 0 Å². The van der Waals surface area contributed by atoms with Gasteiger partial charge < -0.3 is 19.7 Å². The van der Waals surface area contributed by atoms with Crippen molar-refractivity contribution in [3.63, 3.8) is 0 Å². The summed E-state index contributed by atoms with van der Waals surface area (Å²) in [7, 11) is 0. The minimum absolute atomic E-state index is 0.165. The largest absolute Gasteiger partial charge is 0.454 e. The van der Waals surface area contributed by atoms with Crippen molar-refractivity contribution in [1.29, 1.82) is 0 Å². The van der Waals surface area contributed by atoms with Crippen molar-refractivity contribution < 1.29 is 19.1 Å². The third kappa shape index (κ3) is 3.16. The van der Waals surface area contributed by atoms with E-state index in [1.807, 2.05) is 24.3 Å². The molecule has 0 atom stereocenters. The number of pyridine rings is 1. The molecule has 0 spiro atoms. The smallest absolute Gasteiger partial charge is 0.276 e. The quantitative estimate of drug-likeness (QED) is 0.746. The van der Waals surface area contributed by atoms with Crippen molar-refractivity contribution in [3.05, 3.63) is 77.6 Å². The molecule has 5 rings (SSSR count). The summed E-state index contributed by atoms with van der Waals surface area (Å²) in [5.74, 6) is 0.597. The summed E-state index contributed by atoms with van der Waals surface area (Å²) >= 11 is 0. The number of nitrogens with one attached hydrogen (secondary N) is 1. The number of anilines is 2. The predicted molar refractivity (Wildman–Crippen MR) is 107 cm³/mol. The van der Waals surface area contributed by atoms with Crippen molar-refractivity contribution in [1.82, 2.24) is 4.98 Å². The van der Waals surface area contributed by atoms with Gasteiger partial charge in [-0.1, -0.05) is 24.3 Å². The van der Waals surface area contributed by atoms with Gasteiger partial charge in [0.2, 0.25) is 6.79 Å². The summed E-state index contributed by atoms with van der Waals surface area (Å²) in [6.07, 6.45) is 0.812. The van der Waals surface area contributed by atoms with E-state index in [4.69, 9.17) is 9.47 Å². The van der Waals surface area contributed by atoms with E-state index in [1.54, 1.807) is 41.3 Å². The molecule has 0 unspecified atom stereocenters. The summed E-state index contributed by atoms with van der Waals surface area (Å²) in [5.41, 5.74) is 3.00. The van der Waals surface area contributed by atoms with Gasteiger partial charge in [-0.2, -0.15) is 0 Å². The second-order valence-electron chi connectivity index (χ2n) is 6.77. The van der Waals surface area contributed by atoms with E-state index < -0.39 is 5.91 Å². The van der Waals surface area contributed by atoms with Crippen LogP contribution in [0.2, 0.25) is 0 Å². The number of ether oxygens (including phenoxy) is 2. The molecule has 2 aromatic carbocycles. The Kier molecular flexibility index (Phi) is 4.13. The average Bonchev–Trinajstić information content (AvgIpc) is 3.40. The first kappa shape index (κ1) is 17.2. The van der Waals surface area contributed by atoms with Crippen LogP contribution >= 0.6 is 0 Å². The fourth-order valence-corrected chi connectivity index (χ4v) is 3.54. The lowest BCUT2D eigenvalue weighted by Gasteiger charge is -2.17. The highest BCUT2D eigenvalue weighted by molar-refractivity contribution is 6.08. The highest BCUT2D eigenvalue weighted by Gasteiger charge is 2.26. The minimum atomic E-state index is -0.402. The molecule has 2 amide bonds. The van der Waals surface area contributed by atoms with Gasteiger partial charge in [0.25, 0.3) is 11.8 Å². The summed E-state index contributed by atoms with van der Waals surface area (Å²) in [4.78, 5) is 31.6. The maximum absolute atomic E-state index is 13.0. The van der Waals surface area contributed by atoms with E-state index in [2.05, 4.69) is 10.3 Å². The Balaban J connectivity index is 1.36. The Morgan fingerprint density at radius 1 is 0.931 bits per heavy atom. The third-order valence-corrected chi connectivity index (χ3v) is 4.96. The van der Waals surface area contributed by atoms with Crippen LogP contribution in [0.1, 0.15) is 26.5 Å². The van der Waals surface area contributed by atoms with E-state index in [0.717, 1.165) is 17.7 Å². The summed E-state index contributed by atoms with van der Waals surface area (Å²) in [5, 5.41) is 2.78. The summed E-state index contributed by atoms with van der Waals surface area (Å²) in [6.45, 7) is 0.769. The number of aromatic nitrogens is 1. The second-order valence-corrected chi connectivity index (χ2v) is 6.77. The Bertz CT molecular complexity index is 1130. The summed E-state index contributed by atoms with van der Waals surface area (Å²) < 4.78 is 10.6. The standard InChI is InChI=1S/C22H17N3O4/c26-21(23-15-8-9-19-20(12-15)29-13-28-19)16-5-3-6-17(24-16)22(27)25-11-10-14-4-1-2-7-18(14)25/h1-9,12H,10-11,13H2,(H,23,26). The molecule has 0 saturated heterocycles. The predicted octanol–water partition coefficient (Wildman–Crippen LogP) is 3.27. The highest BCUT2D eigenvalue weighted by atomic mass is 16.7. The number of amides is 2. The number of para-hydroxylation sites is 1. The topological polar surface area (TPSA) is 80.8 Å². The van der Waals surface area contributed by atoms with Crippen LogP contribution in [0.3, 0.4) is 0 Å². The number of hydrogen-bond acceptors (Lipinski definition) is 5. The Labute approximate surface area is 166 Å². The van der Waals surface area contributed by atoms with Gasteiger partial charge in [0, 0.05) is 24.0 Å². The minimum Gasteiger partial charge on any atom is -0.454 e. The van der Waals surface area contributed by atoms with E-state index >= 15 is 0 Å². The molecular formula is C22H17N3O4. The first-order valence-electron chi connectivity index (χ1n) is 9.27. The van der Waals surface area contributed by atoms with Crippen LogP contribution in [-0.4, -0.2) is 30.1 Å². The first-order valence-corrected chi connectivity index (χ1v) is 9.27. The Morgan fingerprint density at radius 2 is 1.76 bits per heavy atom. The van der Waals surface area contributed by atoms with Gasteiger partial charge in [-0.25, -0.2) is 4.98 Å². The van der Waals surface area contributed by atoms with Crippen LogP contribution in [0.5, 0.6) is 11.5 Å². The lowest BCUT2D eigenvalue weighted by Crippen LogP contribution is -2.30. The molecule has 0 radical (unpaired) electrons. The number of benzene rings is 2. The van der Waals surface area contributed by atoms with Crippen LogP contribution in [-0.2, 0) is 6.42 Å². The van der Waals surface area contributed by atoms with Crippen molar-refractivity contribution in [2.24, 2.45) is 0 Å². The van der Waals surface area contributed by atoms with E-state index in [9.17, 15) is 9.59 Å². The number of carbonyl (C=O) groups is 2. The molecule has 0 saturated carbocycles. The summed E-state index contributed by atoms with van der Waals surface area (Å²) in [6, 6.07) is 17.8. The molecule has 3 heterocycles. The molecule has 0 fully saturated rings. The molecule has 1 aromatic heterocycles. The number of fused-ring (bicyclic) bond motifs is 2. The first-order chi connectivity index (χ1) is 14.2. The van der Waals surface area contributed by atoms with Crippen molar-refractivity contribution in [2.75, 3.05) is 23.6 Å². The van der Waals surface area contributed by atoms with Crippen molar-refractivity contribution in [2.45, 2.75) is 6.42 Å². The monoisotopic (exact) mass is 387 g/mol. The van der Waals surface area contributed by atoms with Gasteiger partial charge in [0.1, 0.15) is 11.4 Å². The number of carbonyl (C=O) groups excluding carboxylic acids is 2. The zero-order valence-corrected chi connectivity index (χ0v) is 15.4. The van der Waals surface area contributed by atoms with E-state index in [-0.39, 0.29) is 24.1 Å². The lowest BCUT2D eigenvalue weighted by molar-refractivity contribution is 0.0984. The van der Waals surface area contributed by atoms with Gasteiger partial charge in [-0.3, -0.25) is 9.59 Å². The maximum Gasteiger partial charge on any atom is 0.276 e. The van der Waals surface area contributed by atoms with Crippen LogP contribution in [0.4, 0.5) is 11.4 Å². The van der Waals surface area contributed by atoms with E-state index in [0.29, 0.717) is 23.7 Å². The van der Waals surface area contributed by atoms with Crippen LogP contribution in [0.25, 0.3) is 0 Å². The average molecular weight is 387 g/mol. The van der Waals surface area contributed by atoms with Gasteiger partial charge >= 0.3 is 0 Å². The zero-order valence-electron chi connectivity index (χ0n) is 15.4. The third-order valence-electron chi connectivity index (χ3n) is 4.96. The molecule has 3 aromatic rings. The molecule has 144 valence electrons. The lowest BCUT2D eigenvalue weighted by atomic mass is 10.2. The Hall–Kier alpha value is -3.87. The van der Waals surface area contributed by atoms with E-state index in [1.165, 1.54) is 0 Å². The highest BCUT2D eigenvalue weighted by Crippen LogP contribution is 2.34. The zero-order chi connectivity index (χ0) is 19.8. The number of rotatable bonds is 3. The van der Waals surface area contributed by atoms with Gasteiger partial charge in [-0.15, -0.1) is 0 Å². The van der Waals surface area contributed by atoms with Gasteiger partial charge in [0.05, 0.1) is 0 Å². The fourth-order valence-electron chi connectivity index (χ4n) is 3.54. The van der Waals surface area contributed by atoms with Gasteiger partial charge in [0.15, 0.2) is 11.5 Å². The normalized spacial score (nSPS) is 13.9. The number of hydrogen-bond donors (Lipinski definition) is 1. The van der Waals surface area contributed by atoms with Gasteiger partial charge in [-0.05, 0) is 42.3 Å². The molecule has 0 aliphatic carbocycles. The SMILES string of the molecule is O=C(Nc1ccc2c(c1)OCO2)c1cccc(C(=O)N2CCc3ccccc32)n1. The number of nitrogens with zero attached hydrogens (tertiary/aromatic N) is 2. The molecule has 7 heteroatoms. The molecule has 2 aliphatic heterocycles. The fraction of sp³-hybridized carbons (Fsp3) is 0.136. The maximum atomic E-state index is 13.0. The van der Waals surface area contributed by atoms with Crippen molar-refractivity contribution in [3.8, 4) is 11.5 Å². The van der Waals surface area contributed by atoms with Crippen molar-refractivity contribution >= 4 is 23.2 Å². The molecule has 29 heavy (non-hydrogen) atoms. The van der Waals surface area contributed by atoms with Crippen LogP contribution in [0.15, 0.2) is 60.7 Å². The Morgan fingerprint density at radius 3 is 2.69 bits per heavy atom. The molecule has 0 bridgehead atoms. The van der Waals surface area contributed by atoms with Crippen LogP contribution < -0.4 is 19.7 Å². The molecule has 7 nitrogen and oxygen atoms in total. The molecular weight excluding hydrogens is 370 g/mol. The molecule has 1 N–H and O–H groups in total. The second kappa shape index (κ2) is 6.94.